The van der Waals surface area contributed by atoms with Crippen molar-refractivity contribution in [3.8, 4) is 0 Å². The molecule has 0 spiro atoms. The fraction of sp³-hybridized carbons (Fsp3) is 0.167. The molecule has 0 heterocycles. The van der Waals surface area contributed by atoms with Crippen molar-refractivity contribution in [2.75, 3.05) is 23.9 Å². The number of nitrogens with zero attached hydrogens (tertiary/aromatic N) is 1. The van der Waals surface area contributed by atoms with Crippen LogP contribution in [0.5, 0.6) is 0 Å². The Labute approximate surface area is 148 Å². The molecule has 6 nitrogen and oxygen atoms in total. The molecule has 2 aromatic rings. The molecule has 136 valence electrons. The second kappa shape index (κ2) is 8.19. The van der Waals surface area contributed by atoms with E-state index >= 15 is 0 Å². The predicted molar refractivity (Wildman–Crippen MR) is 90.8 cm³/mol. The molecule has 0 unspecified atom stereocenters. The predicted octanol–water partition coefficient (Wildman–Crippen LogP) is 2.74. The molecule has 0 saturated heterocycles. The first-order chi connectivity index (χ1) is 12.3. The summed E-state index contributed by atoms with van der Waals surface area (Å²) in [5.74, 6) is -3.94. The first-order valence-corrected chi connectivity index (χ1v) is 7.54. The fourth-order valence-electron chi connectivity index (χ4n) is 2.28. The second-order valence-electron chi connectivity index (χ2n) is 5.29. The number of benzene rings is 2. The van der Waals surface area contributed by atoms with Crippen molar-refractivity contribution in [3.63, 3.8) is 0 Å². The van der Waals surface area contributed by atoms with E-state index in [4.69, 9.17) is 0 Å². The summed E-state index contributed by atoms with van der Waals surface area (Å²) >= 11 is 0. The van der Waals surface area contributed by atoms with Gasteiger partial charge in [0.15, 0.2) is 11.6 Å². The normalized spacial score (nSPS) is 10.2. The van der Waals surface area contributed by atoms with E-state index in [0.29, 0.717) is 0 Å². The van der Waals surface area contributed by atoms with Crippen LogP contribution in [0.4, 0.5) is 20.2 Å². The van der Waals surface area contributed by atoms with Crippen LogP contribution in [-0.2, 0) is 14.3 Å². The number of ether oxygens (including phenoxy) is 1. The topological polar surface area (TPSA) is 75.7 Å². The van der Waals surface area contributed by atoms with E-state index < -0.39 is 36.0 Å². The number of rotatable bonds is 5. The van der Waals surface area contributed by atoms with Crippen LogP contribution in [0.25, 0.3) is 0 Å². The molecule has 0 fully saturated rings. The maximum atomic E-state index is 13.2. The number of carbonyl (C=O) groups is 3. The number of anilines is 2. The number of para-hydroxylation sites is 1. The smallest absolute Gasteiger partial charge is 0.339 e. The maximum absolute atomic E-state index is 13.2. The lowest BCUT2D eigenvalue weighted by Gasteiger charge is -2.22. The zero-order chi connectivity index (χ0) is 19.3. The Hall–Kier alpha value is -3.29. The molecule has 0 aliphatic rings. The van der Waals surface area contributed by atoms with Crippen molar-refractivity contribution < 1.29 is 27.9 Å². The molecule has 0 aliphatic carbocycles. The Morgan fingerprint density at radius 2 is 1.77 bits per heavy atom. The Kier molecular flexibility index (Phi) is 6.00. The van der Waals surface area contributed by atoms with Crippen LogP contribution in [0.15, 0.2) is 42.5 Å². The third-order valence-electron chi connectivity index (χ3n) is 3.49. The molecular formula is C18H16F2N2O4. The Morgan fingerprint density at radius 3 is 2.38 bits per heavy atom. The van der Waals surface area contributed by atoms with Crippen molar-refractivity contribution in [3.05, 3.63) is 59.7 Å². The largest absolute Gasteiger partial charge is 0.465 e. The summed E-state index contributed by atoms with van der Waals surface area (Å²) in [6.07, 6.45) is 0. The lowest BCUT2D eigenvalue weighted by molar-refractivity contribution is -0.120. The molecular weight excluding hydrogens is 346 g/mol. The van der Waals surface area contributed by atoms with Gasteiger partial charge < -0.3 is 15.0 Å². The first kappa shape index (κ1) is 19.0. The average Bonchev–Trinajstić information content (AvgIpc) is 2.62. The second-order valence-corrected chi connectivity index (χ2v) is 5.29. The fourth-order valence-corrected chi connectivity index (χ4v) is 2.28. The molecule has 26 heavy (non-hydrogen) atoms. The van der Waals surface area contributed by atoms with Gasteiger partial charge in [-0.05, 0) is 24.3 Å². The van der Waals surface area contributed by atoms with E-state index in [1.54, 1.807) is 12.1 Å². The third kappa shape index (κ3) is 4.41. The number of hydrogen-bond acceptors (Lipinski definition) is 4. The molecule has 0 atom stereocenters. The number of nitrogens with one attached hydrogen (secondary N) is 1. The molecule has 8 heteroatoms. The van der Waals surface area contributed by atoms with E-state index in [0.717, 1.165) is 17.0 Å². The summed E-state index contributed by atoms with van der Waals surface area (Å²) in [7, 11) is 1.20. The van der Waals surface area contributed by atoms with Crippen molar-refractivity contribution in [1.29, 1.82) is 0 Å². The highest BCUT2D eigenvalue weighted by atomic mass is 19.2. The van der Waals surface area contributed by atoms with Gasteiger partial charge in [-0.1, -0.05) is 12.1 Å². The molecule has 2 amide bonds. The molecule has 0 bridgehead atoms. The Bertz CT molecular complexity index is 855. The van der Waals surface area contributed by atoms with Gasteiger partial charge in [0.1, 0.15) is 6.54 Å². The quantitative estimate of drug-likeness (QED) is 0.830. The van der Waals surface area contributed by atoms with E-state index in [9.17, 15) is 23.2 Å². The van der Waals surface area contributed by atoms with Gasteiger partial charge in [0, 0.05) is 18.7 Å². The number of esters is 1. The molecule has 0 aromatic heterocycles. The lowest BCUT2D eigenvalue weighted by Crippen LogP contribution is -2.37. The van der Waals surface area contributed by atoms with Gasteiger partial charge in [-0.2, -0.15) is 0 Å². The van der Waals surface area contributed by atoms with Gasteiger partial charge in [0.2, 0.25) is 11.8 Å². The summed E-state index contributed by atoms with van der Waals surface area (Å²) in [5, 5.41) is 2.37. The molecule has 2 rings (SSSR count). The summed E-state index contributed by atoms with van der Waals surface area (Å²) in [5.41, 5.74) is 0.358. The van der Waals surface area contributed by atoms with Crippen molar-refractivity contribution in [1.82, 2.24) is 0 Å². The third-order valence-corrected chi connectivity index (χ3v) is 3.49. The lowest BCUT2D eigenvalue weighted by atomic mass is 10.1. The minimum Gasteiger partial charge on any atom is -0.465 e. The molecule has 2 aromatic carbocycles. The van der Waals surface area contributed by atoms with Crippen LogP contribution in [-0.4, -0.2) is 31.4 Å². The number of carbonyl (C=O) groups excluding carboxylic acids is 3. The summed E-state index contributed by atoms with van der Waals surface area (Å²) in [6, 6.07) is 9.05. The summed E-state index contributed by atoms with van der Waals surface area (Å²) in [6.45, 7) is 0.807. The van der Waals surface area contributed by atoms with Crippen LogP contribution in [0, 0.1) is 11.6 Å². The molecule has 0 saturated carbocycles. The van der Waals surface area contributed by atoms with E-state index in [1.165, 1.54) is 32.2 Å². The van der Waals surface area contributed by atoms with Crippen LogP contribution in [0.3, 0.4) is 0 Å². The highest BCUT2D eigenvalue weighted by molar-refractivity contribution is 6.06. The van der Waals surface area contributed by atoms with Gasteiger partial charge in [-0.3, -0.25) is 9.59 Å². The minimum absolute atomic E-state index is 0.0404. The molecule has 0 radical (unpaired) electrons. The van der Waals surface area contributed by atoms with Gasteiger partial charge in [-0.25, -0.2) is 13.6 Å². The van der Waals surface area contributed by atoms with E-state index in [-0.39, 0.29) is 16.9 Å². The van der Waals surface area contributed by atoms with Crippen LogP contribution in [0.1, 0.15) is 17.3 Å². The summed E-state index contributed by atoms with van der Waals surface area (Å²) < 4.78 is 30.8. The minimum atomic E-state index is -1.11. The Morgan fingerprint density at radius 1 is 1.08 bits per heavy atom. The zero-order valence-corrected chi connectivity index (χ0v) is 14.1. The van der Waals surface area contributed by atoms with Gasteiger partial charge in [0.05, 0.1) is 18.4 Å². The van der Waals surface area contributed by atoms with Gasteiger partial charge >= 0.3 is 5.97 Å². The van der Waals surface area contributed by atoms with E-state index in [1.807, 2.05) is 0 Å². The standard InChI is InChI=1S/C18H16F2N2O4/c1-11(23)22(16-6-4-3-5-13(16)18(25)26-2)10-17(24)21-12-7-8-14(19)15(20)9-12/h3-9H,10H2,1-2H3,(H,21,24). The highest BCUT2D eigenvalue weighted by Crippen LogP contribution is 2.22. The average molecular weight is 362 g/mol. The van der Waals surface area contributed by atoms with Crippen LogP contribution >= 0.6 is 0 Å². The SMILES string of the molecule is COC(=O)c1ccccc1N(CC(=O)Nc1ccc(F)c(F)c1)C(C)=O. The molecule has 0 aliphatic heterocycles. The monoisotopic (exact) mass is 362 g/mol. The Balaban J connectivity index is 2.23. The van der Waals surface area contributed by atoms with Crippen LogP contribution in [0.2, 0.25) is 0 Å². The van der Waals surface area contributed by atoms with Crippen molar-refractivity contribution in [2.24, 2.45) is 0 Å². The number of methoxy groups -OCH3 is 1. The maximum Gasteiger partial charge on any atom is 0.339 e. The van der Waals surface area contributed by atoms with E-state index in [2.05, 4.69) is 10.1 Å². The highest BCUT2D eigenvalue weighted by Gasteiger charge is 2.22. The summed E-state index contributed by atoms with van der Waals surface area (Å²) in [4.78, 5) is 37.1. The number of amides is 2. The number of hydrogen-bond donors (Lipinski definition) is 1. The van der Waals surface area contributed by atoms with Crippen molar-refractivity contribution >= 4 is 29.2 Å². The zero-order valence-electron chi connectivity index (χ0n) is 14.1. The van der Waals surface area contributed by atoms with Crippen molar-refractivity contribution in [2.45, 2.75) is 6.92 Å². The van der Waals surface area contributed by atoms with Gasteiger partial charge in [-0.15, -0.1) is 0 Å². The van der Waals surface area contributed by atoms with Crippen LogP contribution < -0.4 is 10.2 Å². The van der Waals surface area contributed by atoms with Gasteiger partial charge in [0.25, 0.3) is 0 Å². The number of halogens is 2. The first-order valence-electron chi connectivity index (χ1n) is 7.54. The molecule has 1 N–H and O–H groups in total.